The lowest BCUT2D eigenvalue weighted by molar-refractivity contribution is -0.130. The zero-order chi connectivity index (χ0) is 13.3. The molecule has 0 radical (unpaired) electrons. The zero-order valence-corrected chi connectivity index (χ0v) is 10.6. The average molecular weight is 260 g/mol. The SMILES string of the molecule is O=COCCOCCOc1ccc2ccccc2c1. The average Bonchev–Trinajstić information content (AvgIpc) is 2.46. The molecule has 19 heavy (non-hydrogen) atoms. The van der Waals surface area contributed by atoms with Crippen LogP contribution in [0.3, 0.4) is 0 Å². The molecule has 100 valence electrons. The van der Waals surface area contributed by atoms with E-state index in [2.05, 4.69) is 16.9 Å². The number of carbonyl (C=O) groups is 1. The van der Waals surface area contributed by atoms with Gasteiger partial charge in [0.25, 0.3) is 6.47 Å². The zero-order valence-electron chi connectivity index (χ0n) is 10.6. The molecule has 0 bridgehead atoms. The summed E-state index contributed by atoms with van der Waals surface area (Å²) in [5, 5.41) is 2.34. The van der Waals surface area contributed by atoms with E-state index in [0.717, 1.165) is 11.1 Å². The number of hydrogen-bond donors (Lipinski definition) is 0. The second kappa shape index (κ2) is 7.38. The van der Waals surface area contributed by atoms with Crippen molar-refractivity contribution in [3.05, 3.63) is 42.5 Å². The van der Waals surface area contributed by atoms with Crippen LogP contribution in [0.5, 0.6) is 5.75 Å². The highest BCUT2D eigenvalue weighted by Gasteiger charge is 1.97. The molecule has 0 aliphatic carbocycles. The van der Waals surface area contributed by atoms with Crippen LogP contribution in [-0.2, 0) is 14.3 Å². The molecule has 0 saturated heterocycles. The fourth-order valence-corrected chi connectivity index (χ4v) is 1.73. The van der Waals surface area contributed by atoms with Crippen LogP contribution >= 0.6 is 0 Å². The molecule has 0 fully saturated rings. The largest absolute Gasteiger partial charge is 0.491 e. The summed E-state index contributed by atoms with van der Waals surface area (Å²) in [5.74, 6) is 0.825. The monoisotopic (exact) mass is 260 g/mol. The quantitative estimate of drug-likeness (QED) is 0.540. The first kappa shape index (κ1) is 13.4. The van der Waals surface area contributed by atoms with Crippen LogP contribution in [0.4, 0.5) is 0 Å². The van der Waals surface area contributed by atoms with E-state index < -0.39 is 0 Å². The number of fused-ring (bicyclic) bond motifs is 1. The van der Waals surface area contributed by atoms with Gasteiger partial charge in [-0.25, -0.2) is 0 Å². The van der Waals surface area contributed by atoms with Gasteiger partial charge in [0.15, 0.2) is 0 Å². The van der Waals surface area contributed by atoms with Gasteiger partial charge in [-0.1, -0.05) is 30.3 Å². The molecule has 0 aromatic heterocycles. The maximum absolute atomic E-state index is 9.88. The van der Waals surface area contributed by atoms with Crippen molar-refractivity contribution in [2.24, 2.45) is 0 Å². The van der Waals surface area contributed by atoms with Crippen molar-refractivity contribution in [2.45, 2.75) is 0 Å². The molecule has 0 spiro atoms. The number of benzene rings is 2. The second-order valence-electron chi connectivity index (χ2n) is 3.94. The van der Waals surface area contributed by atoms with E-state index in [9.17, 15) is 4.79 Å². The van der Waals surface area contributed by atoms with Gasteiger partial charge in [0.2, 0.25) is 0 Å². The third-order valence-electron chi connectivity index (χ3n) is 2.63. The Bertz CT molecular complexity index is 524. The third kappa shape index (κ3) is 4.26. The Labute approximate surface area is 111 Å². The minimum absolute atomic E-state index is 0.277. The summed E-state index contributed by atoms with van der Waals surface area (Å²) in [4.78, 5) is 9.88. The molecule has 2 aromatic carbocycles. The van der Waals surface area contributed by atoms with Crippen molar-refractivity contribution in [3.63, 3.8) is 0 Å². The molecular weight excluding hydrogens is 244 g/mol. The summed E-state index contributed by atoms with van der Waals surface area (Å²) >= 11 is 0. The highest BCUT2D eigenvalue weighted by atomic mass is 16.6. The molecular formula is C15H16O4. The van der Waals surface area contributed by atoms with Crippen LogP contribution in [0, 0.1) is 0 Å². The molecule has 0 saturated carbocycles. The van der Waals surface area contributed by atoms with Gasteiger partial charge in [-0.2, -0.15) is 0 Å². The summed E-state index contributed by atoms with van der Waals surface area (Å²) in [6, 6.07) is 14.1. The Hall–Kier alpha value is -2.07. The fourth-order valence-electron chi connectivity index (χ4n) is 1.73. The first-order valence-electron chi connectivity index (χ1n) is 6.15. The molecule has 0 amide bonds. The second-order valence-corrected chi connectivity index (χ2v) is 3.94. The number of carbonyl (C=O) groups excluding carboxylic acids is 1. The van der Waals surface area contributed by atoms with E-state index in [4.69, 9.17) is 9.47 Å². The van der Waals surface area contributed by atoms with Crippen molar-refractivity contribution in [1.82, 2.24) is 0 Å². The van der Waals surface area contributed by atoms with Gasteiger partial charge in [-0.15, -0.1) is 0 Å². The predicted molar refractivity (Wildman–Crippen MR) is 72.3 cm³/mol. The van der Waals surface area contributed by atoms with Crippen LogP contribution < -0.4 is 4.74 Å². The lowest BCUT2D eigenvalue weighted by Gasteiger charge is -2.07. The summed E-state index contributed by atoms with van der Waals surface area (Å²) in [5.41, 5.74) is 0. The Balaban J connectivity index is 1.74. The molecule has 2 aromatic rings. The van der Waals surface area contributed by atoms with Gasteiger partial charge in [-0.05, 0) is 22.9 Å². The minimum atomic E-state index is 0.277. The fraction of sp³-hybridized carbons (Fsp3) is 0.267. The van der Waals surface area contributed by atoms with Crippen LogP contribution in [0.2, 0.25) is 0 Å². The lowest BCUT2D eigenvalue weighted by atomic mass is 10.1. The number of ether oxygens (including phenoxy) is 3. The van der Waals surface area contributed by atoms with Crippen LogP contribution in [-0.4, -0.2) is 32.9 Å². The normalized spacial score (nSPS) is 10.3. The third-order valence-corrected chi connectivity index (χ3v) is 2.63. The number of rotatable bonds is 8. The molecule has 0 heterocycles. The Morgan fingerprint density at radius 1 is 0.895 bits per heavy atom. The number of hydrogen-bond acceptors (Lipinski definition) is 4. The van der Waals surface area contributed by atoms with Gasteiger partial charge >= 0.3 is 0 Å². The molecule has 2 rings (SSSR count). The van der Waals surface area contributed by atoms with E-state index in [1.165, 1.54) is 5.39 Å². The first-order valence-corrected chi connectivity index (χ1v) is 6.15. The Morgan fingerprint density at radius 3 is 2.53 bits per heavy atom. The van der Waals surface area contributed by atoms with E-state index in [1.807, 2.05) is 30.3 Å². The summed E-state index contributed by atoms with van der Waals surface area (Å²) < 4.78 is 15.3. The lowest BCUT2D eigenvalue weighted by Crippen LogP contribution is -2.10. The predicted octanol–water partition coefficient (Wildman–Crippen LogP) is 2.41. The molecule has 0 aliphatic heterocycles. The topological polar surface area (TPSA) is 44.8 Å². The summed E-state index contributed by atoms with van der Waals surface area (Å²) in [6.07, 6.45) is 0. The minimum Gasteiger partial charge on any atom is -0.491 e. The van der Waals surface area contributed by atoms with E-state index in [1.54, 1.807) is 0 Å². The van der Waals surface area contributed by atoms with Gasteiger partial charge in [0.05, 0.1) is 13.2 Å². The highest BCUT2D eigenvalue weighted by Crippen LogP contribution is 2.20. The molecule has 0 atom stereocenters. The van der Waals surface area contributed by atoms with Gasteiger partial charge in [-0.3, -0.25) is 4.79 Å². The smallest absolute Gasteiger partial charge is 0.293 e. The summed E-state index contributed by atoms with van der Waals surface area (Å²) in [7, 11) is 0. The van der Waals surface area contributed by atoms with Crippen molar-refractivity contribution >= 4 is 17.2 Å². The maximum atomic E-state index is 9.88. The molecule has 0 aliphatic rings. The highest BCUT2D eigenvalue weighted by molar-refractivity contribution is 5.83. The van der Waals surface area contributed by atoms with E-state index >= 15 is 0 Å². The van der Waals surface area contributed by atoms with E-state index in [-0.39, 0.29) is 6.61 Å². The van der Waals surface area contributed by atoms with Gasteiger partial charge in [0, 0.05) is 0 Å². The molecule has 0 unspecified atom stereocenters. The van der Waals surface area contributed by atoms with Gasteiger partial charge < -0.3 is 14.2 Å². The van der Waals surface area contributed by atoms with Gasteiger partial charge in [0.1, 0.15) is 19.0 Å². The van der Waals surface area contributed by atoms with Crippen LogP contribution in [0.15, 0.2) is 42.5 Å². The van der Waals surface area contributed by atoms with Crippen molar-refractivity contribution in [3.8, 4) is 5.75 Å². The van der Waals surface area contributed by atoms with Crippen molar-refractivity contribution in [2.75, 3.05) is 26.4 Å². The Morgan fingerprint density at radius 2 is 1.68 bits per heavy atom. The maximum Gasteiger partial charge on any atom is 0.293 e. The van der Waals surface area contributed by atoms with E-state index in [0.29, 0.717) is 26.3 Å². The molecule has 4 nitrogen and oxygen atoms in total. The van der Waals surface area contributed by atoms with Crippen LogP contribution in [0.25, 0.3) is 10.8 Å². The standard InChI is InChI=1S/C15H16O4/c16-12-18-8-7-17-9-10-19-15-6-5-13-3-1-2-4-14(13)11-15/h1-6,11-12H,7-10H2. The summed E-state index contributed by atoms with van der Waals surface area (Å²) in [6.45, 7) is 2.02. The van der Waals surface area contributed by atoms with Crippen LogP contribution in [0.1, 0.15) is 0 Å². The Kier molecular flexibility index (Phi) is 5.19. The first-order chi connectivity index (χ1) is 9.40. The molecule has 0 N–H and O–H groups in total. The van der Waals surface area contributed by atoms with Crippen molar-refractivity contribution in [1.29, 1.82) is 0 Å². The van der Waals surface area contributed by atoms with Crippen molar-refractivity contribution < 1.29 is 19.0 Å². The molecule has 4 heteroatoms.